The lowest BCUT2D eigenvalue weighted by molar-refractivity contribution is 0.309. The van der Waals surface area contributed by atoms with E-state index in [2.05, 4.69) is 48.3 Å². The number of nitrogen functional groups attached to an aromatic ring is 1. The summed E-state index contributed by atoms with van der Waals surface area (Å²) in [7, 11) is 2.14. The maximum atomic E-state index is 9.72. The van der Waals surface area contributed by atoms with Gasteiger partial charge in [-0.25, -0.2) is 15.1 Å². The Balaban J connectivity index is 1.33. The number of H-pyrrole nitrogens is 1. The van der Waals surface area contributed by atoms with Crippen molar-refractivity contribution < 1.29 is 4.74 Å². The molecule has 1 fully saturated rings. The van der Waals surface area contributed by atoms with E-state index in [9.17, 15) is 5.26 Å². The Labute approximate surface area is 190 Å². The van der Waals surface area contributed by atoms with Crippen molar-refractivity contribution in [3.63, 3.8) is 0 Å². The predicted molar refractivity (Wildman–Crippen MR) is 125 cm³/mol. The highest BCUT2D eigenvalue weighted by molar-refractivity contribution is 5.79. The van der Waals surface area contributed by atoms with Crippen LogP contribution in [0.5, 0.6) is 5.75 Å². The van der Waals surface area contributed by atoms with Gasteiger partial charge in [0.15, 0.2) is 16.9 Å². The molecule has 0 aliphatic carbocycles. The molecule has 1 aromatic carbocycles. The van der Waals surface area contributed by atoms with Gasteiger partial charge in [0.05, 0.1) is 11.6 Å². The molecule has 0 saturated carbocycles. The standard InChI is InChI=1S/C23H23N9O/c1-31-6-8-32(9-7-31)21-5-4-16(13-26-21)15-2-3-17(18(10-15)12-24)14-33-19-11-20(25)27-23-22(19)28-30-29-23/h2-5,10-11,13H,6-9,14H2,1H3,(H3,25,27,28,29,30). The molecular formula is C23H23N9O. The molecule has 3 aromatic heterocycles. The van der Waals surface area contributed by atoms with E-state index >= 15 is 0 Å². The van der Waals surface area contributed by atoms with Gasteiger partial charge in [-0.2, -0.15) is 5.26 Å². The molecule has 0 spiro atoms. The zero-order valence-corrected chi connectivity index (χ0v) is 18.2. The second-order valence-corrected chi connectivity index (χ2v) is 8.02. The Bertz CT molecular complexity index is 1320. The van der Waals surface area contributed by atoms with E-state index in [4.69, 9.17) is 10.5 Å². The molecule has 10 heteroatoms. The van der Waals surface area contributed by atoms with Crippen molar-refractivity contribution in [2.45, 2.75) is 6.61 Å². The highest BCUT2D eigenvalue weighted by Gasteiger charge is 2.16. The third-order valence-corrected chi connectivity index (χ3v) is 5.81. The maximum Gasteiger partial charge on any atom is 0.181 e. The summed E-state index contributed by atoms with van der Waals surface area (Å²) in [5, 5.41) is 20.1. The first kappa shape index (κ1) is 20.7. The molecule has 10 nitrogen and oxygen atoms in total. The van der Waals surface area contributed by atoms with E-state index in [1.165, 1.54) is 0 Å². The number of aromatic amines is 1. The highest BCUT2D eigenvalue weighted by Crippen LogP contribution is 2.27. The van der Waals surface area contributed by atoms with Crippen molar-refractivity contribution >= 4 is 22.8 Å². The monoisotopic (exact) mass is 441 g/mol. The number of hydrogen-bond donors (Lipinski definition) is 2. The molecule has 3 N–H and O–H groups in total. The number of fused-ring (bicyclic) bond motifs is 1. The number of ether oxygens (including phenoxy) is 1. The summed E-state index contributed by atoms with van der Waals surface area (Å²) in [6.07, 6.45) is 1.86. The quantitative estimate of drug-likeness (QED) is 0.478. The number of rotatable bonds is 5. The predicted octanol–water partition coefficient (Wildman–Crippen LogP) is 2.20. The van der Waals surface area contributed by atoms with Crippen molar-refractivity contribution in [1.29, 1.82) is 5.26 Å². The second kappa shape index (κ2) is 8.72. The summed E-state index contributed by atoms with van der Waals surface area (Å²) in [4.78, 5) is 13.4. The topological polar surface area (TPSA) is 133 Å². The summed E-state index contributed by atoms with van der Waals surface area (Å²) in [6.45, 7) is 4.20. The largest absolute Gasteiger partial charge is 0.486 e. The average molecular weight is 441 g/mol. The molecule has 0 atom stereocenters. The van der Waals surface area contributed by atoms with E-state index in [0.29, 0.717) is 28.3 Å². The zero-order chi connectivity index (χ0) is 22.8. The van der Waals surface area contributed by atoms with Crippen molar-refractivity contribution in [3.8, 4) is 22.9 Å². The van der Waals surface area contributed by atoms with Gasteiger partial charge in [0.1, 0.15) is 18.2 Å². The Morgan fingerprint density at radius 2 is 1.94 bits per heavy atom. The van der Waals surface area contributed by atoms with Crippen LogP contribution >= 0.6 is 0 Å². The molecule has 0 bridgehead atoms. The molecule has 1 saturated heterocycles. The van der Waals surface area contributed by atoms with E-state index < -0.39 is 0 Å². The van der Waals surface area contributed by atoms with Crippen LogP contribution in [0.1, 0.15) is 11.1 Å². The van der Waals surface area contributed by atoms with E-state index in [0.717, 1.165) is 48.7 Å². The summed E-state index contributed by atoms with van der Waals surface area (Å²) in [5.41, 5.74) is 9.96. The van der Waals surface area contributed by atoms with Crippen LogP contribution in [0.25, 0.3) is 22.3 Å². The Morgan fingerprint density at radius 3 is 2.70 bits per heavy atom. The third-order valence-electron chi connectivity index (χ3n) is 5.81. The van der Waals surface area contributed by atoms with Crippen molar-refractivity contribution in [3.05, 3.63) is 53.7 Å². The molecule has 5 rings (SSSR count). The van der Waals surface area contributed by atoms with Crippen LogP contribution in [0.3, 0.4) is 0 Å². The Morgan fingerprint density at radius 1 is 1.12 bits per heavy atom. The molecule has 0 radical (unpaired) electrons. The minimum atomic E-state index is 0.190. The fourth-order valence-corrected chi connectivity index (χ4v) is 3.86. The number of benzene rings is 1. The number of nitrogens with two attached hydrogens (primary N) is 1. The molecule has 4 aromatic rings. The fraction of sp³-hybridized carbons (Fsp3) is 0.261. The molecule has 1 aliphatic heterocycles. The highest BCUT2D eigenvalue weighted by atomic mass is 16.5. The number of likely N-dealkylation sites (N-methyl/N-ethyl adjacent to an activating group) is 1. The first-order chi connectivity index (χ1) is 16.1. The van der Waals surface area contributed by atoms with E-state index in [1.807, 2.05) is 36.5 Å². The molecule has 33 heavy (non-hydrogen) atoms. The SMILES string of the molecule is CN1CCN(c2ccc(-c3ccc(COc4cc(N)nc5[nH]nnc45)c(C#N)c3)cn2)CC1. The second-order valence-electron chi connectivity index (χ2n) is 8.02. The third kappa shape index (κ3) is 4.26. The van der Waals surface area contributed by atoms with Crippen LogP contribution in [-0.2, 0) is 6.61 Å². The number of pyridine rings is 2. The average Bonchev–Trinajstić information content (AvgIpc) is 3.31. The number of nitrogens with one attached hydrogen (secondary N) is 1. The van der Waals surface area contributed by atoms with Gasteiger partial charge in [-0.15, -0.1) is 5.10 Å². The lowest BCUT2D eigenvalue weighted by Crippen LogP contribution is -2.44. The minimum absolute atomic E-state index is 0.190. The molecule has 0 unspecified atom stereocenters. The van der Waals surface area contributed by atoms with Crippen molar-refractivity contribution in [2.75, 3.05) is 43.9 Å². The molecule has 1 aliphatic rings. The van der Waals surface area contributed by atoms with Gasteiger partial charge in [-0.3, -0.25) is 0 Å². The number of hydrogen-bond acceptors (Lipinski definition) is 9. The van der Waals surface area contributed by atoms with Crippen LogP contribution in [-0.4, -0.2) is 63.5 Å². The fourth-order valence-electron chi connectivity index (χ4n) is 3.86. The van der Waals surface area contributed by atoms with Gasteiger partial charge in [0.25, 0.3) is 0 Å². The Hall–Kier alpha value is -4.23. The summed E-state index contributed by atoms with van der Waals surface area (Å²) in [5.74, 6) is 1.74. The van der Waals surface area contributed by atoms with E-state index in [-0.39, 0.29) is 6.61 Å². The summed E-state index contributed by atoms with van der Waals surface area (Å²) in [6, 6.07) is 13.7. The number of anilines is 2. The number of nitriles is 1. The number of aromatic nitrogens is 5. The lowest BCUT2D eigenvalue weighted by Gasteiger charge is -2.33. The molecular weight excluding hydrogens is 418 g/mol. The van der Waals surface area contributed by atoms with Gasteiger partial charge in [-0.1, -0.05) is 17.3 Å². The first-order valence-electron chi connectivity index (χ1n) is 10.6. The van der Waals surface area contributed by atoms with Crippen LogP contribution in [0.15, 0.2) is 42.6 Å². The van der Waals surface area contributed by atoms with Gasteiger partial charge in [0.2, 0.25) is 0 Å². The zero-order valence-electron chi connectivity index (χ0n) is 18.2. The number of nitrogens with zero attached hydrogens (tertiary/aromatic N) is 7. The normalized spacial score (nSPS) is 14.4. The molecule has 4 heterocycles. The Kier molecular flexibility index (Phi) is 5.46. The minimum Gasteiger partial charge on any atom is -0.486 e. The van der Waals surface area contributed by atoms with Crippen LogP contribution in [0.4, 0.5) is 11.6 Å². The van der Waals surface area contributed by atoms with Gasteiger partial charge in [0, 0.05) is 49.6 Å². The van der Waals surface area contributed by atoms with Gasteiger partial charge in [-0.05, 0) is 30.8 Å². The van der Waals surface area contributed by atoms with Gasteiger partial charge >= 0.3 is 0 Å². The first-order valence-corrected chi connectivity index (χ1v) is 10.6. The van der Waals surface area contributed by atoms with Crippen molar-refractivity contribution in [1.82, 2.24) is 30.3 Å². The van der Waals surface area contributed by atoms with Crippen LogP contribution < -0.4 is 15.4 Å². The number of piperazine rings is 1. The van der Waals surface area contributed by atoms with Crippen LogP contribution in [0, 0.1) is 11.3 Å². The van der Waals surface area contributed by atoms with Crippen LogP contribution in [0.2, 0.25) is 0 Å². The molecule has 0 amide bonds. The maximum absolute atomic E-state index is 9.72. The van der Waals surface area contributed by atoms with Gasteiger partial charge < -0.3 is 20.3 Å². The lowest BCUT2D eigenvalue weighted by atomic mass is 10.0. The summed E-state index contributed by atoms with van der Waals surface area (Å²) >= 11 is 0. The van der Waals surface area contributed by atoms with Crippen molar-refractivity contribution in [2.24, 2.45) is 0 Å². The smallest absolute Gasteiger partial charge is 0.181 e. The molecule has 166 valence electrons. The summed E-state index contributed by atoms with van der Waals surface area (Å²) < 4.78 is 5.91. The van der Waals surface area contributed by atoms with E-state index in [1.54, 1.807) is 6.07 Å².